The summed E-state index contributed by atoms with van der Waals surface area (Å²) in [4.78, 5) is 265. The van der Waals surface area contributed by atoms with Crippen molar-refractivity contribution in [3.05, 3.63) is 48.0 Å². The number of guanidine groups is 2. The van der Waals surface area contributed by atoms with Gasteiger partial charge in [-0.3, -0.25) is 91.5 Å². The molecule has 2 fully saturated rings. The van der Waals surface area contributed by atoms with E-state index in [1.54, 1.807) is 20.1 Å². The molecular formula is C79H127N25O24S. The van der Waals surface area contributed by atoms with E-state index < -0.39 is 260 Å². The Balaban J connectivity index is 1.55. The maximum atomic E-state index is 14.9. The van der Waals surface area contributed by atoms with E-state index in [2.05, 4.69) is 89.1 Å². The van der Waals surface area contributed by atoms with Crippen LogP contribution in [0.15, 0.2) is 46.8 Å². The first-order valence-corrected chi connectivity index (χ1v) is 43.5. The monoisotopic (exact) mass is 1840 g/mol. The van der Waals surface area contributed by atoms with Gasteiger partial charge in [0, 0.05) is 51.6 Å². The van der Waals surface area contributed by atoms with Crippen LogP contribution in [0.4, 0.5) is 0 Å². The fourth-order valence-corrected chi connectivity index (χ4v) is 14.2. The van der Waals surface area contributed by atoms with E-state index in [-0.39, 0.29) is 120 Å². The first kappa shape index (κ1) is 109. The minimum atomic E-state index is -1.87. The van der Waals surface area contributed by atoms with Gasteiger partial charge in [0.05, 0.1) is 50.3 Å². The molecule has 0 spiro atoms. The van der Waals surface area contributed by atoms with Crippen molar-refractivity contribution in [1.82, 2.24) is 88.9 Å². The van der Waals surface area contributed by atoms with Crippen LogP contribution in [-0.2, 0) is 99.1 Å². The number of H-pyrrole nitrogens is 1. The number of likely N-dealkylation sites (tertiary alicyclic amines) is 2. The van der Waals surface area contributed by atoms with E-state index in [4.69, 9.17) is 34.4 Å². The maximum absolute atomic E-state index is 14.9. The Kier molecular flexibility index (Phi) is 46.0. The molecule has 16 amide bonds. The summed E-state index contributed by atoms with van der Waals surface area (Å²) in [5.74, 6) is -21.2. The number of nitrogens with zero attached hydrogens (tertiary/aromatic N) is 5. The normalized spacial score (nSPS) is 16.8. The molecule has 0 unspecified atom stereocenters. The van der Waals surface area contributed by atoms with Crippen LogP contribution in [0.1, 0.15) is 143 Å². The Labute approximate surface area is 748 Å². The number of nitrogens with one attached hydrogen (secondary N) is 14. The highest BCUT2D eigenvalue weighted by Crippen LogP contribution is 2.23. The molecule has 0 aliphatic carbocycles. The fourth-order valence-electron chi connectivity index (χ4n) is 13.7. The highest BCUT2D eigenvalue weighted by molar-refractivity contribution is 7.98. The van der Waals surface area contributed by atoms with Gasteiger partial charge in [0.2, 0.25) is 94.5 Å². The molecule has 1 aromatic heterocycles. The molecule has 0 bridgehead atoms. The molecule has 0 radical (unpaired) electrons. The molecule has 129 heavy (non-hydrogen) atoms. The number of aliphatic hydroxyl groups is 3. The maximum Gasteiger partial charge on any atom is 0.326 e. The number of nitrogens with two attached hydrogens (primary N) is 6. The van der Waals surface area contributed by atoms with Crippen LogP contribution >= 0.6 is 11.8 Å². The number of phenolic OH excluding ortho intramolecular Hbond substituents is 1. The number of aliphatic hydroxyl groups excluding tert-OH is 3. The smallest absolute Gasteiger partial charge is 0.326 e. The molecule has 32 N–H and O–H groups in total. The first-order chi connectivity index (χ1) is 60.8. The van der Waals surface area contributed by atoms with Crippen molar-refractivity contribution in [2.45, 2.75) is 242 Å². The number of hydrogen-bond acceptors (Lipinski definition) is 27. The van der Waals surface area contributed by atoms with Gasteiger partial charge in [0.15, 0.2) is 11.9 Å². The van der Waals surface area contributed by atoms with Crippen LogP contribution < -0.4 is 104 Å². The van der Waals surface area contributed by atoms with Gasteiger partial charge < -0.3 is 149 Å². The lowest BCUT2D eigenvalue weighted by atomic mass is 9.99. The first-order valence-electron chi connectivity index (χ1n) is 42.1. The number of aliphatic imine (C=N–C) groups is 2. The molecule has 718 valence electrons. The molecule has 2 aliphatic rings. The van der Waals surface area contributed by atoms with Crippen LogP contribution in [0, 0.1) is 17.8 Å². The number of primary amides is 1. The summed E-state index contributed by atoms with van der Waals surface area (Å²) in [5.41, 5.74) is 34.3. The molecule has 2 aliphatic heterocycles. The fraction of sp³-hybridized carbons (Fsp3) is 0.633. The number of benzene rings is 1. The summed E-state index contributed by atoms with van der Waals surface area (Å²) in [5, 5.41) is 93.7. The Hall–Kier alpha value is -12.6. The number of phenols is 1. The number of carbonyl (C=O) groups excluding carboxylic acids is 16. The van der Waals surface area contributed by atoms with E-state index in [0.29, 0.717) is 17.0 Å². The third-order valence-corrected chi connectivity index (χ3v) is 21.3. The Morgan fingerprint density at radius 1 is 0.519 bits per heavy atom. The van der Waals surface area contributed by atoms with Crippen LogP contribution in [0.5, 0.6) is 5.75 Å². The summed E-state index contributed by atoms with van der Waals surface area (Å²) in [6.07, 6.45) is 0.125. The summed E-state index contributed by atoms with van der Waals surface area (Å²) < 4.78 is 0. The second-order valence-electron chi connectivity index (χ2n) is 32.3. The van der Waals surface area contributed by atoms with Gasteiger partial charge in [-0.05, 0) is 125 Å². The van der Waals surface area contributed by atoms with Gasteiger partial charge >= 0.3 is 11.9 Å². The zero-order valence-electron chi connectivity index (χ0n) is 73.3. The average Bonchev–Trinajstić information content (AvgIpc) is 1.68. The van der Waals surface area contributed by atoms with Crippen molar-refractivity contribution < 1.29 is 117 Å². The average molecular weight is 1840 g/mol. The quantitative estimate of drug-likeness (QED) is 0.0166. The van der Waals surface area contributed by atoms with Crippen LogP contribution in [0.25, 0.3) is 0 Å². The van der Waals surface area contributed by atoms with Crippen molar-refractivity contribution in [3.63, 3.8) is 0 Å². The van der Waals surface area contributed by atoms with Crippen LogP contribution in [-0.4, -0.2) is 323 Å². The third-order valence-electron chi connectivity index (χ3n) is 20.6. The number of rotatable bonds is 56. The van der Waals surface area contributed by atoms with Crippen LogP contribution in [0.3, 0.4) is 0 Å². The second kappa shape index (κ2) is 54.6. The Bertz CT molecular complexity index is 4230. The number of carboxylic acid groups (broad SMARTS) is 2. The SMILES string of the molecule is CSCC[C@H](N)C(=O)N[C@@H](CC(N)=O)C(=O)N[C@@H](CCC(=O)O)C(=O)N[C@H](C(=O)N[C@@H](CCCN=C(N)N)C(=O)N[C@H](C(=O)N[C@@H](CCCN=C(N)N)C(=O)N[C@@H](Cc1ccc(O)cc1)C(=O)N[C@@H](CO)C(=O)N1CCC[C@H]1C(=O)N[C@@H](CO)C(=O)N1CCC[C@H]1C(=O)N[C@H](C(=O)NCC(=O)N[C@@H](Cc1c[nH]cn1)C(=O)N[C@@H](CC(C)C)C(=O)O)[C@@H](C)O)C(C)C)C(C)C. The zero-order chi connectivity index (χ0) is 96.6. The highest BCUT2D eigenvalue weighted by atomic mass is 32.2. The Morgan fingerprint density at radius 2 is 0.961 bits per heavy atom. The number of thioether (sulfide) groups is 1. The van der Waals surface area contributed by atoms with Crippen molar-refractivity contribution >= 4 is 130 Å². The van der Waals surface area contributed by atoms with E-state index in [1.165, 1.54) is 76.2 Å². The van der Waals surface area contributed by atoms with Crippen molar-refractivity contribution in [2.24, 2.45) is 62.1 Å². The predicted octanol–water partition coefficient (Wildman–Crippen LogP) is -9.45. The zero-order valence-corrected chi connectivity index (χ0v) is 74.2. The van der Waals surface area contributed by atoms with E-state index in [0.717, 1.165) is 16.7 Å². The molecule has 3 heterocycles. The lowest BCUT2D eigenvalue weighted by molar-refractivity contribution is -0.146. The van der Waals surface area contributed by atoms with E-state index in [1.807, 2.05) is 0 Å². The highest BCUT2D eigenvalue weighted by Gasteiger charge is 2.45. The largest absolute Gasteiger partial charge is 0.508 e. The van der Waals surface area contributed by atoms with Gasteiger partial charge in [0.1, 0.15) is 90.3 Å². The van der Waals surface area contributed by atoms with E-state index in [9.17, 15) is 117 Å². The number of aromatic amines is 1. The lowest BCUT2D eigenvalue weighted by Gasteiger charge is -2.32. The predicted molar refractivity (Wildman–Crippen MR) is 464 cm³/mol. The van der Waals surface area contributed by atoms with Gasteiger partial charge in [-0.1, -0.05) is 53.7 Å². The molecular weight excluding hydrogens is 1720 g/mol. The summed E-state index contributed by atoms with van der Waals surface area (Å²) in [6.45, 7) is 7.16. The molecule has 49 nitrogen and oxygen atoms in total. The summed E-state index contributed by atoms with van der Waals surface area (Å²) >= 11 is 1.38. The molecule has 2 aromatic rings. The minimum Gasteiger partial charge on any atom is -0.508 e. The molecule has 50 heteroatoms. The van der Waals surface area contributed by atoms with Gasteiger partial charge in [0.25, 0.3) is 0 Å². The molecule has 4 rings (SSSR count). The lowest BCUT2D eigenvalue weighted by Crippen LogP contribution is -2.62. The molecule has 2 saturated heterocycles. The Morgan fingerprint density at radius 3 is 1.41 bits per heavy atom. The van der Waals surface area contributed by atoms with Gasteiger partial charge in [-0.15, -0.1) is 0 Å². The van der Waals surface area contributed by atoms with Crippen molar-refractivity contribution in [1.29, 1.82) is 0 Å². The van der Waals surface area contributed by atoms with Crippen molar-refractivity contribution in [3.8, 4) is 5.75 Å². The number of imidazole rings is 1. The van der Waals surface area contributed by atoms with Gasteiger partial charge in [-0.25, -0.2) is 9.78 Å². The number of hydrogen-bond donors (Lipinski definition) is 26. The number of amides is 16. The molecule has 16 atom stereocenters. The summed E-state index contributed by atoms with van der Waals surface area (Å²) in [6, 6.07) is -18.2. The van der Waals surface area contributed by atoms with Gasteiger partial charge in [-0.2, -0.15) is 11.8 Å². The number of aliphatic carboxylic acids is 2. The van der Waals surface area contributed by atoms with E-state index >= 15 is 0 Å². The summed E-state index contributed by atoms with van der Waals surface area (Å²) in [7, 11) is 0. The second-order valence-corrected chi connectivity index (χ2v) is 33.2. The molecule has 0 saturated carbocycles. The number of aromatic nitrogens is 2. The minimum absolute atomic E-state index is 0.00702. The number of carbonyl (C=O) groups is 18. The topological polar surface area (TPSA) is 801 Å². The number of aromatic hydroxyl groups is 1. The van der Waals surface area contributed by atoms with Crippen LogP contribution in [0.2, 0.25) is 0 Å². The van der Waals surface area contributed by atoms with Crippen molar-refractivity contribution in [2.75, 3.05) is 57.9 Å². The number of carboxylic acids is 2. The third kappa shape index (κ3) is 37.0. The molecule has 1 aromatic carbocycles. The standard InChI is InChI=1S/C79H127N25O24S/c1-38(2)29-52(77(127)128)97-68(118)50(31-43-33-86-37-90-43)91-58(110)34-89-72(122)62(41(7)107)102-71(121)56-16-12-27-104(56)76(126)54(36-106)99-70(120)55-15-11-26-103(55)75(125)53(35-105)98-67(117)49(30-42-17-19-44(108)20-18-42)96-64(114)46(13-9-24-87-78(82)83)93-73(123)60(39(3)4)100-65(115)47(14-10-25-88-79(84)85)94-74(124)61(40(5)6)101-66(116)48(21-22-59(111)112)92-69(119)51(32-57(81)109)95-63(113)45(80)23-28-129-8/h17-20,33,37-41,45-56,60-62,105-108H,9-16,21-32,34-36,80H2,1-8H3,(H2,81,109)(H,86,90)(H,89,122)(H,91,110)(H,92,119)(H,93,123)(H,94,124)(H,95,113)(H,96,114)(H,97,118)(H,98,117)(H,99,120)(H,100,115)(H,101,116)(H,102,121)(H,111,112)(H,127,128)(H4,82,83,87)(H4,84,85,88)/t41-,45+,46+,47+,48+,49+,50+,51+,52+,53+,54+,55+,56+,60+,61+,62+/m1/s1.